The highest BCUT2D eigenvalue weighted by molar-refractivity contribution is 5.11. The molecular formula is C9H17. The van der Waals surface area contributed by atoms with Crippen LogP contribution in [0.1, 0.15) is 40.0 Å². The fourth-order valence-electron chi connectivity index (χ4n) is 0.655. The molecule has 0 aromatic heterocycles. The molecule has 0 heterocycles. The molecule has 0 aromatic carbocycles. The van der Waals surface area contributed by atoms with Gasteiger partial charge in [-0.2, -0.15) is 0 Å². The Morgan fingerprint density at radius 1 is 1.33 bits per heavy atom. The highest BCUT2D eigenvalue weighted by Crippen LogP contribution is 2.09. The molecular weight excluding hydrogens is 108 g/mol. The zero-order chi connectivity index (χ0) is 7.28. The van der Waals surface area contributed by atoms with E-state index in [0.29, 0.717) is 0 Å². The Kier molecular flexibility index (Phi) is 4.47. The zero-order valence-corrected chi connectivity index (χ0v) is 6.83. The summed E-state index contributed by atoms with van der Waals surface area (Å²) in [7, 11) is 0. The SMILES string of the molecule is [CH2]C(C)=C(C)CCCC. The summed E-state index contributed by atoms with van der Waals surface area (Å²) in [6.45, 7) is 10.3. The summed E-state index contributed by atoms with van der Waals surface area (Å²) in [6, 6.07) is 0. The number of unbranched alkanes of at least 4 members (excludes halogenated alkanes) is 1. The van der Waals surface area contributed by atoms with E-state index < -0.39 is 0 Å². The standard InChI is InChI=1S/C9H17/c1-5-6-7-9(4)8(2)3/h2,5-7H2,1,3-4H3. The van der Waals surface area contributed by atoms with Crippen molar-refractivity contribution >= 4 is 0 Å². The second-order valence-electron chi connectivity index (χ2n) is 2.66. The molecule has 0 atom stereocenters. The molecule has 0 aromatic rings. The summed E-state index contributed by atoms with van der Waals surface area (Å²) < 4.78 is 0. The van der Waals surface area contributed by atoms with Gasteiger partial charge in [-0.1, -0.05) is 24.5 Å². The van der Waals surface area contributed by atoms with E-state index in [2.05, 4.69) is 27.7 Å². The van der Waals surface area contributed by atoms with Crippen LogP contribution < -0.4 is 0 Å². The topological polar surface area (TPSA) is 0 Å². The van der Waals surface area contributed by atoms with Crippen LogP contribution in [-0.4, -0.2) is 0 Å². The van der Waals surface area contributed by atoms with Crippen LogP contribution in [0.15, 0.2) is 11.1 Å². The predicted octanol–water partition coefficient (Wildman–Crippen LogP) is 3.35. The van der Waals surface area contributed by atoms with E-state index in [4.69, 9.17) is 0 Å². The highest BCUT2D eigenvalue weighted by Gasteiger charge is 1.89. The molecule has 0 saturated heterocycles. The average Bonchev–Trinajstić information content (AvgIpc) is 1.82. The zero-order valence-electron chi connectivity index (χ0n) is 6.83. The van der Waals surface area contributed by atoms with Crippen LogP contribution in [0, 0.1) is 6.92 Å². The number of rotatable bonds is 3. The Hall–Kier alpha value is -0.260. The Bertz CT molecular complexity index is 94.6. The van der Waals surface area contributed by atoms with Gasteiger partial charge < -0.3 is 0 Å². The second kappa shape index (κ2) is 4.60. The van der Waals surface area contributed by atoms with Crippen molar-refractivity contribution in [3.63, 3.8) is 0 Å². The minimum atomic E-state index is 1.23. The van der Waals surface area contributed by atoms with E-state index in [-0.39, 0.29) is 0 Å². The van der Waals surface area contributed by atoms with Crippen molar-refractivity contribution in [3.8, 4) is 0 Å². The van der Waals surface area contributed by atoms with E-state index in [9.17, 15) is 0 Å². The lowest BCUT2D eigenvalue weighted by molar-refractivity contribution is 0.783. The minimum absolute atomic E-state index is 1.23. The maximum Gasteiger partial charge on any atom is -0.0283 e. The monoisotopic (exact) mass is 125 g/mol. The van der Waals surface area contributed by atoms with Gasteiger partial charge in [-0.3, -0.25) is 0 Å². The van der Waals surface area contributed by atoms with Gasteiger partial charge in [-0.25, -0.2) is 0 Å². The van der Waals surface area contributed by atoms with Crippen molar-refractivity contribution < 1.29 is 0 Å². The van der Waals surface area contributed by atoms with Gasteiger partial charge >= 0.3 is 0 Å². The van der Waals surface area contributed by atoms with Crippen LogP contribution in [0.4, 0.5) is 0 Å². The fraction of sp³-hybridized carbons (Fsp3) is 0.667. The Morgan fingerprint density at radius 2 is 1.89 bits per heavy atom. The molecule has 0 rings (SSSR count). The fourth-order valence-corrected chi connectivity index (χ4v) is 0.655. The molecule has 53 valence electrons. The molecule has 9 heavy (non-hydrogen) atoms. The predicted molar refractivity (Wildman–Crippen MR) is 43.3 cm³/mol. The molecule has 0 nitrogen and oxygen atoms in total. The first-order chi connectivity index (χ1) is 4.18. The average molecular weight is 125 g/mol. The van der Waals surface area contributed by atoms with Crippen LogP contribution >= 0.6 is 0 Å². The van der Waals surface area contributed by atoms with E-state index in [1.54, 1.807) is 0 Å². The maximum atomic E-state index is 3.87. The molecule has 0 saturated carbocycles. The maximum absolute atomic E-state index is 3.87. The Balaban J connectivity index is 3.50. The van der Waals surface area contributed by atoms with Crippen LogP contribution in [0.3, 0.4) is 0 Å². The Labute approximate surface area is 59.0 Å². The van der Waals surface area contributed by atoms with Gasteiger partial charge in [-0.15, -0.1) is 0 Å². The third-order valence-corrected chi connectivity index (χ3v) is 1.63. The van der Waals surface area contributed by atoms with E-state index >= 15 is 0 Å². The smallest absolute Gasteiger partial charge is 0.0283 e. The molecule has 0 aliphatic carbocycles. The van der Waals surface area contributed by atoms with E-state index in [0.717, 1.165) is 0 Å². The van der Waals surface area contributed by atoms with E-state index in [1.807, 2.05) is 0 Å². The number of hydrogen-bond acceptors (Lipinski definition) is 0. The first kappa shape index (κ1) is 8.74. The van der Waals surface area contributed by atoms with Gasteiger partial charge in [0, 0.05) is 0 Å². The molecule has 0 fully saturated rings. The van der Waals surface area contributed by atoms with Gasteiger partial charge in [0.2, 0.25) is 0 Å². The van der Waals surface area contributed by atoms with Crippen LogP contribution in [-0.2, 0) is 0 Å². The van der Waals surface area contributed by atoms with Crippen LogP contribution in [0.2, 0.25) is 0 Å². The lowest BCUT2D eigenvalue weighted by Crippen LogP contribution is -1.80. The molecule has 0 aliphatic heterocycles. The van der Waals surface area contributed by atoms with Gasteiger partial charge in [0.05, 0.1) is 0 Å². The molecule has 0 heteroatoms. The molecule has 0 amide bonds. The number of hydrogen-bond donors (Lipinski definition) is 0. The van der Waals surface area contributed by atoms with Gasteiger partial charge in [0.25, 0.3) is 0 Å². The molecule has 0 spiro atoms. The summed E-state index contributed by atoms with van der Waals surface area (Å²) in [5.74, 6) is 0. The summed E-state index contributed by atoms with van der Waals surface area (Å²) >= 11 is 0. The van der Waals surface area contributed by atoms with Crippen molar-refractivity contribution in [1.29, 1.82) is 0 Å². The molecule has 0 unspecified atom stereocenters. The lowest BCUT2D eigenvalue weighted by Gasteiger charge is -2.00. The number of allylic oxidation sites excluding steroid dienone is 2. The quantitative estimate of drug-likeness (QED) is 0.542. The first-order valence-corrected chi connectivity index (χ1v) is 3.66. The third kappa shape index (κ3) is 4.26. The van der Waals surface area contributed by atoms with Crippen molar-refractivity contribution in [3.05, 3.63) is 18.1 Å². The Morgan fingerprint density at radius 3 is 2.22 bits per heavy atom. The minimum Gasteiger partial charge on any atom is -0.0744 e. The van der Waals surface area contributed by atoms with Crippen LogP contribution in [0.5, 0.6) is 0 Å². The summed E-state index contributed by atoms with van der Waals surface area (Å²) in [5, 5.41) is 0. The highest BCUT2D eigenvalue weighted by atomic mass is 14.0. The summed E-state index contributed by atoms with van der Waals surface area (Å²) in [4.78, 5) is 0. The summed E-state index contributed by atoms with van der Waals surface area (Å²) in [6.07, 6.45) is 3.81. The van der Waals surface area contributed by atoms with Crippen molar-refractivity contribution in [1.82, 2.24) is 0 Å². The molecule has 0 aliphatic rings. The lowest BCUT2D eigenvalue weighted by atomic mass is 10.1. The molecule has 0 N–H and O–H groups in total. The van der Waals surface area contributed by atoms with Gasteiger partial charge in [0.15, 0.2) is 0 Å². The van der Waals surface area contributed by atoms with E-state index in [1.165, 1.54) is 30.4 Å². The largest absolute Gasteiger partial charge is 0.0744 e. The van der Waals surface area contributed by atoms with Crippen molar-refractivity contribution in [2.75, 3.05) is 0 Å². The van der Waals surface area contributed by atoms with Gasteiger partial charge in [-0.05, 0) is 33.6 Å². The second-order valence-corrected chi connectivity index (χ2v) is 2.66. The summed E-state index contributed by atoms with van der Waals surface area (Å²) in [5.41, 5.74) is 2.69. The van der Waals surface area contributed by atoms with Crippen LogP contribution in [0.25, 0.3) is 0 Å². The first-order valence-electron chi connectivity index (χ1n) is 3.66. The third-order valence-electron chi connectivity index (χ3n) is 1.63. The molecule has 1 radical (unpaired) electrons. The molecule has 0 bridgehead atoms. The van der Waals surface area contributed by atoms with Crippen molar-refractivity contribution in [2.24, 2.45) is 0 Å². The van der Waals surface area contributed by atoms with Gasteiger partial charge in [0.1, 0.15) is 0 Å². The van der Waals surface area contributed by atoms with Crippen molar-refractivity contribution in [2.45, 2.75) is 40.0 Å². The normalized spacial score (nSPS) is 13.3.